The molecule has 0 fully saturated rings. The predicted octanol–water partition coefficient (Wildman–Crippen LogP) is 2.31. The normalized spacial score (nSPS) is 10.5. The van der Waals surface area contributed by atoms with E-state index in [1.807, 2.05) is 0 Å². The second-order valence-electron chi connectivity index (χ2n) is 3.25. The van der Waals surface area contributed by atoms with E-state index in [0.717, 1.165) is 12.5 Å². The third-order valence-electron chi connectivity index (χ3n) is 1.88. The summed E-state index contributed by atoms with van der Waals surface area (Å²) in [7, 11) is 1.64. The van der Waals surface area contributed by atoms with Gasteiger partial charge in [0.05, 0.1) is 11.6 Å². The molecular formula is C11H15ClFNO3. The Balaban J connectivity index is 2.14. The van der Waals surface area contributed by atoms with Crippen LogP contribution in [0.4, 0.5) is 4.39 Å². The Bertz CT molecular complexity index is 338. The van der Waals surface area contributed by atoms with E-state index in [4.69, 9.17) is 25.8 Å². The van der Waals surface area contributed by atoms with Crippen LogP contribution in [0.3, 0.4) is 0 Å². The highest BCUT2D eigenvalue weighted by atomic mass is 35.5. The topological polar surface area (TPSA) is 40.6 Å². The molecule has 4 nitrogen and oxygen atoms in total. The molecule has 96 valence electrons. The largest absolute Gasteiger partial charge is 0.473 e. The van der Waals surface area contributed by atoms with Gasteiger partial charge in [-0.05, 0) is 12.5 Å². The number of aromatic nitrogens is 1. The van der Waals surface area contributed by atoms with Crippen molar-refractivity contribution >= 4 is 11.6 Å². The minimum atomic E-state index is -0.572. The Kier molecular flexibility index (Phi) is 6.84. The summed E-state index contributed by atoms with van der Waals surface area (Å²) in [6.07, 6.45) is 2.16. The molecular weight excluding hydrogens is 249 g/mol. The van der Waals surface area contributed by atoms with Crippen LogP contribution in [0.25, 0.3) is 0 Å². The molecule has 1 rings (SSSR count). The lowest BCUT2D eigenvalue weighted by Crippen LogP contribution is -2.10. The van der Waals surface area contributed by atoms with E-state index in [9.17, 15) is 4.39 Å². The second kappa shape index (κ2) is 8.22. The molecule has 1 heterocycles. The zero-order chi connectivity index (χ0) is 12.5. The molecule has 17 heavy (non-hydrogen) atoms. The van der Waals surface area contributed by atoms with Gasteiger partial charge in [-0.15, -0.1) is 0 Å². The molecule has 0 unspecified atom stereocenters. The summed E-state index contributed by atoms with van der Waals surface area (Å²) < 4.78 is 28.4. The van der Waals surface area contributed by atoms with Crippen LogP contribution >= 0.6 is 11.6 Å². The van der Waals surface area contributed by atoms with Crippen LogP contribution in [-0.2, 0) is 9.47 Å². The van der Waals surface area contributed by atoms with Gasteiger partial charge < -0.3 is 14.2 Å². The highest BCUT2D eigenvalue weighted by molar-refractivity contribution is 6.30. The maximum absolute atomic E-state index is 13.2. The number of methoxy groups -OCH3 is 1. The number of pyridine rings is 1. The summed E-state index contributed by atoms with van der Waals surface area (Å²) in [5.41, 5.74) is 0. The van der Waals surface area contributed by atoms with Gasteiger partial charge in [-0.25, -0.2) is 9.37 Å². The van der Waals surface area contributed by atoms with Crippen molar-refractivity contribution in [3.63, 3.8) is 0 Å². The van der Waals surface area contributed by atoms with E-state index in [1.165, 1.54) is 6.20 Å². The Hall–Kier alpha value is -0.910. The lowest BCUT2D eigenvalue weighted by molar-refractivity contribution is 0.0785. The standard InChI is InChI=1S/C11H15ClFNO3/c1-15-3-2-4-16-5-6-17-11-10(13)7-9(12)8-14-11/h7-8H,2-6H2,1H3. The van der Waals surface area contributed by atoms with Crippen molar-refractivity contribution in [1.82, 2.24) is 4.98 Å². The maximum Gasteiger partial charge on any atom is 0.250 e. The molecule has 0 aliphatic rings. The first-order chi connectivity index (χ1) is 8.24. The summed E-state index contributed by atoms with van der Waals surface area (Å²) in [5.74, 6) is -0.633. The number of nitrogens with zero attached hydrogens (tertiary/aromatic N) is 1. The minimum Gasteiger partial charge on any atom is -0.473 e. The summed E-state index contributed by atoms with van der Waals surface area (Å²) in [6.45, 7) is 1.88. The summed E-state index contributed by atoms with van der Waals surface area (Å²) >= 11 is 5.55. The number of hydrogen-bond donors (Lipinski definition) is 0. The van der Waals surface area contributed by atoms with Crippen molar-refractivity contribution in [1.29, 1.82) is 0 Å². The van der Waals surface area contributed by atoms with Gasteiger partial charge in [0.2, 0.25) is 0 Å². The average Bonchev–Trinajstić information content (AvgIpc) is 2.30. The Morgan fingerprint density at radius 3 is 2.82 bits per heavy atom. The van der Waals surface area contributed by atoms with E-state index in [-0.39, 0.29) is 17.5 Å². The number of halogens is 2. The first kappa shape index (κ1) is 14.2. The van der Waals surface area contributed by atoms with Gasteiger partial charge in [0.25, 0.3) is 5.88 Å². The molecule has 0 saturated carbocycles. The Morgan fingerprint density at radius 1 is 1.29 bits per heavy atom. The van der Waals surface area contributed by atoms with Gasteiger partial charge in [-0.1, -0.05) is 11.6 Å². The van der Waals surface area contributed by atoms with Crippen molar-refractivity contribution in [3.8, 4) is 5.88 Å². The van der Waals surface area contributed by atoms with Crippen molar-refractivity contribution in [2.75, 3.05) is 33.5 Å². The van der Waals surface area contributed by atoms with Gasteiger partial charge in [0.15, 0.2) is 5.82 Å². The Morgan fingerprint density at radius 2 is 2.12 bits per heavy atom. The van der Waals surface area contributed by atoms with E-state index in [1.54, 1.807) is 7.11 Å². The average molecular weight is 264 g/mol. The highest BCUT2D eigenvalue weighted by Crippen LogP contribution is 2.17. The zero-order valence-electron chi connectivity index (χ0n) is 9.62. The van der Waals surface area contributed by atoms with E-state index in [0.29, 0.717) is 19.8 Å². The molecule has 0 amide bonds. The molecule has 0 aliphatic carbocycles. The summed E-state index contributed by atoms with van der Waals surface area (Å²) in [5, 5.41) is 0.241. The second-order valence-corrected chi connectivity index (χ2v) is 3.68. The van der Waals surface area contributed by atoms with Crippen LogP contribution in [0.5, 0.6) is 5.88 Å². The number of rotatable bonds is 8. The van der Waals surface area contributed by atoms with Crippen molar-refractivity contribution in [3.05, 3.63) is 23.1 Å². The summed E-state index contributed by atoms with van der Waals surface area (Å²) in [6, 6.07) is 1.16. The molecule has 1 aromatic rings. The molecule has 6 heteroatoms. The van der Waals surface area contributed by atoms with Crippen LogP contribution in [-0.4, -0.2) is 38.5 Å². The van der Waals surface area contributed by atoms with Crippen LogP contribution < -0.4 is 4.74 Å². The molecule has 1 aromatic heterocycles. The van der Waals surface area contributed by atoms with Gasteiger partial charge in [0, 0.05) is 26.5 Å². The monoisotopic (exact) mass is 263 g/mol. The fraction of sp³-hybridized carbons (Fsp3) is 0.545. The fourth-order valence-corrected chi connectivity index (χ4v) is 1.26. The number of ether oxygens (including phenoxy) is 3. The zero-order valence-corrected chi connectivity index (χ0v) is 10.4. The van der Waals surface area contributed by atoms with Crippen LogP contribution in [0.15, 0.2) is 12.3 Å². The van der Waals surface area contributed by atoms with Gasteiger partial charge in [-0.2, -0.15) is 0 Å². The highest BCUT2D eigenvalue weighted by Gasteiger charge is 2.05. The predicted molar refractivity (Wildman–Crippen MR) is 62.0 cm³/mol. The molecule has 0 aliphatic heterocycles. The number of hydrogen-bond acceptors (Lipinski definition) is 4. The van der Waals surface area contributed by atoms with E-state index >= 15 is 0 Å². The molecule has 0 aromatic carbocycles. The third kappa shape index (κ3) is 5.81. The van der Waals surface area contributed by atoms with Crippen molar-refractivity contribution in [2.45, 2.75) is 6.42 Å². The Labute approximate surface area is 105 Å². The molecule has 0 saturated heterocycles. The van der Waals surface area contributed by atoms with Gasteiger partial charge >= 0.3 is 0 Å². The van der Waals surface area contributed by atoms with Crippen LogP contribution in [0.1, 0.15) is 6.42 Å². The quantitative estimate of drug-likeness (QED) is 0.675. The summed E-state index contributed by atoms with van der Waals surface area (Å²) in [4.78, 5) is 3.72. The third-order valence-corrected chi connectivity index (χ3v) is 2.08. The van der Waals surface area contributed by atoms with Crippen LogP contribution in [0.2, 0.25) is 5.02 Å². The lowest BCUT2D eigenvalue weighted by atomic mass is 10.4. The van der Waals surface area contributed by atoms with Gasteiger partial charge in [0.1, 0.15) is 6.61 Å². The minimum absolute atomic E-state index is 0.0603. The maximum atomic E-state index is 13.2. The SMILES string of the molecule is COCCCOCCOc1ncc(Cl)cc1F. The van der Waals surface area contributed by atoms with Gasteiger partial charge in [-0.3, -0.25) is 0 Å². The van der Waals surface area contributed by atoms with Crippen molar-refractivity contribution < 1.29 is 18.6 Å². The molecule has 0 bridgehead atoms. The van der Waals surface area contributed by atoms with E-state index in [2.05, 4.69) is 4.98 Å². The molecule has 0 radical (unpaired) electrons. The van der Waals surface area contributed by atoms with E-state index < -0.39 is 5.82 Å². The first-order valence-electron chi connectivity index (χ1n) is 5.24. The smallest absolute Gasteiger partial charge is 0.250 e. The lowest BCUT2D eigenvalue weighted by Gasteiger charge is -2.07. The van der Waals surface area contributed by atoms with Crippen LogP contribution in [0, 0.1) is 5.82 Å². The first-order valence-corrected chi connectivity index (χ1v) is 5.62. The molecule has 0 atom stereocenters. The molecule has 0 N–H and O–H groups in total. The van der Waals surface area contributed by atoms with Crippen molar-refractivity contribution in [2.24, 2.45) is 0 Å². The molecule has 0 spiro atoms. The fourth-order valence-electron chi connectivity index (χ4n) is 1.11.